The molecule has 2 rings (SSSR count). The maximum atomic E-state index is 11.9. The first-order chi connectivity index (χ1) is 8.93. The van der Waals surface area contributed by atoms with E-state index in [-0.39, 0.29) is 18.9 Å². The lowest BCUT2D eigenvalue weighted by Gasteiger charge is -2.20. The van der Waals surface area contributed by atoms with E-state index in [0.29, 0.717) is 20.9 Å². The molecule has 0 aromatic heterocycles. The molecule has 5 nitrogen and oxygen atoms in total. The van der Waals surface area contributed by atoms with Gasteiger partial charge in [0.2, 0.25) is 5.91 Å². The second-order valence-corrected chi connectivity index (χ2v) is 5.44. The molecule has 1 aliphatic rings. The van der Waals surface area contributed by atoms with E-state index in [4.69, 9.17) is 21.4 Å². The zero-order valence-electron chi connectivity index (χ0n) is 10.0. The minimum Gasteiger partial charge on any atom is -0.495 e. The molecule has 102 valence electrons. The highest BCUT2D eigenvalue weighted by atomic mass is 79.9. The van der Waals surface area contributed by atoms with Crippen molar-refractivity contribution in [3.05, 3.63) is 21.6 Å². The number of aliphatic carboxylic acids is 1. The Morgan fingerprint density at radius 1 is 1.58 bits per heavy atom. The summed E-state index contributed by atoms with van der Waals surface area (Å²) in [5, 5.41) is 9.41. The number of ether oxygens (including phenoxy) is 1. The van der Waals surface area contributed by atoms with Crippen molar-refractivity contribution in [3.63, 3.8) is 0 Å². The molecule has 0 bridgehead atoms. The van der Waals surface area contributed by atoms with Gasteiger partial charge in [-0.05, 0) is 28.1 Å². The smallest absolute Gasteiger partial charge is 0.308 e. The predicted molar refractivity (Wildman–Crippen MR) is 73.8 cm³/mol. The van der Waals surface area contributed by atoms with Crippen molar-refractivity contribution >= 4 is 45.1 Å². The molecular formula is C12H11BrClNO4. The van der Waals surface area contributed by atoms with E-state index >= 15 is 0 Å². The molecule has 1 saturated heterocycles. The van der Waals surface area contributed by atoms with Crippen molar-refractivity contribution < 1.29 is 19.4 Å². The molecule has 0 aliphatic carbocycles. The van der Waals surface area contributed by atoms with Crippen LogP contribution in [0.4, 0.5) is 5.69 Å². The Labute approximate surface area is 123 Å². The normalized spacial score (nSPS) is 18.8. The van der Waals surface area contributed by atoms with Gasteiger partial charge in [0.1, 0.15) is 5.75 Å². The van der Waals surface area contributed by atoms with Crippen LogP contribution in [-0.2, 0) is 9.59 Å². The monoisotopic (exact) mass is 347 g/mol. The number of benzene rings is 1. The van der Waals surface area contributed by atoms with Crippen molar-refractivity contribution in [2.24, 2.45) is 5.92 Å². The Balaban J connectivity index is 2.39. The lowest BCUT2D eigenvalue weighted by atomic mass is 10.1. The van der Waals surface area contributed by atoms with Gasteiger partial charge in [0.25, 0.3) is 0 Å². The Morgan fingerprint density at radius 3 is 2.79 bits per heavy atom. The molecule has 1 aromatic rings. The van der Waals surface area contributed by atoms with Gasteiger partial charge >= 0.3 is 5.97 Å². The summed E-state index contributed by atoms with van der Waals surface area (Å²) < 4.78 is 5.86. The van der Waals surface area contributed by atoms with Crippen LogP contribution < -0.4 is 9.64 Å². The summed E-state index contributed by atoms with van der Waals surface area (Å²) in [5.74, 6) is -1.45. The standard InChI is InChI=1S/C12H11BrClNO4/c1-19-10-3-7(13)8(14)4-9(10)15-5-6(12(17)18)2-11(15)16/h3-4,6H,2,5H2,1H3,(H,17,18). The lowest BCUT2D eigenvalue weighted by molar-refractivity contribution is -0.141. The number of anilines is 1. The molecule has 1 aromatic carbocycles. The molecule has 1 amide bonds. The fourth-order valence-electron chi connectivity index (χ4n) is 2.00. The van der Waals surface area contributed by atoms with Crippen LogP contribution in [0, 0.1) is 5.92 Å². The van der Waals surface area contributed by atoms with E-state index in [9.17, 15) is 9.59 Å². The third kappa shape index (κ3) is 2.69. The van der Waals surface area contributed by atoms with E-state index in [0.717, 1.165) is 0 Å². The Morgan fingerprint density at radius 2 is 2.26 bits per heavy atom. The van der Waals surface area contributed by atoms with Crippen LogP contribution in [0.25, 0.3) is 0 Å². The number of carboxylic acid groups (broad SMARTS) is 1. The van der Waals surface area contributed by atoms with Crippen LogP contribution in [0.5, 0.6) is 5.75 Å². The Bertz CT molecular complexity index is 549. The Kier molecular flexibility index (Phi) is 4.01. The first-order valence-electron chi connectivity index (χ1n) is 5.50. The van der Waals surface area contributed by atoms with Gasteiger partial charge in [-0.3, -0.25) is 9.59 Å². The topological polar surface area (TPSA) is 66.8 Å². The van der Waals surface area contributed by atoms with Crippen LogP contribution in [-0.4, -0.2) is 30.6 Å². The summed E-state index contributed by atoms with van der Waals surface area (Å²) in [4.78, 5) is 24.3. The third-order valence-corrected chi connectivity index (χ3v) is 4.18. The number of carbonyl (C=O) groups excluding carboxylic acids is 1. The number of carbonyl (C=O) groups is 2. The summed E-state index contributed by atoms with van der Waals surface area (Å²) in [6.07, 6.45) is -0.00777. The quantitative estimate of drug-likeness (QED) is 0.911. The van der Waals surface area contributed by atoms with Crippen molar-refractivity contribution in [1.29, 1.82) is 0 Å². The van der Waals surface area contributed by atoms with Crippen LogP contribution in [0.2, 0.25) is 5.02 Å². The molecule has 1 aliphatic heterocycles. The average molecular weight is 349 g/mol. The number of amides is 1. The summed E-state index contributed by atoms with van der Waals surface area (Å²) in [6.45, 7) is 0.127. The van der Waals surface area contributed by atoms with Gasteiger partial charge in [-0.15, -0.1) is 0 Å². The molecule has 1 unspecified atom stereocenters. The predicted octanol–water partition coefficient (Wildman–Crippen LogP) is 2.55. The number of hydrogen-bond donors (Lipinski definition) is 1. The van der Waals surface area contributed by atoms with Gasteiger partial charge in [0, 0.05) is 17.4 Å². The van der Waals surface area contributed by atoms with E-state index in [1.807, 2.05) is 0 Å². The molecule has 0 radical (unpaired) electrons. The third-order valence-electron chi connectivity index (χ3n) is 2.99. The van der Waals surface area contributed by atoms with Crippen LogP contribution in [0.3, 0.4) is 0 Å². The van der Waals surface area contributed by atoms with Gasteiger partial charge < -0.3 is 14.7 Å². The molecule has 0 saturated carbocycles. The van der Waals surface area contributed by atoms with Crippen LogP contribution in [0.1, 0.15) is 6.42 Å². The first-order valence-corrected chi connectivity index (χ1v) is 6.67. The summed E-state index contributed by atoms with van der Waals surface area (Å²) in [6, 6.07) is 3.24. The Hall–Kier alpha value is -1.27. The number of methoxy groups -OCH3 is 1. The van der Waals surface area contributed by atoms with Gasteiger partial charge in [-0.1, -0.05) is 11.6 Å². The summed E-state index contributed by atoms with van der Waals surface area (Å²) in [5.41, 5.74) is 0.490. The number of hydrogen-bond acceptors (Lipinski definition) is 3. The van der Waals surface area contributed by atoms with Crippen molar-refractivity contribution in [2.75, 3.05) is 18.6 Å². The zero-order chi connectivity index (χ0) is 14.2. The van der Waals surface area contributed by atoms with Gasteiger partial charge in [-0.25, -0.2) is 0 Å². The number of carboxylic acids is 1. The maximum Gasteiger partial charge on any atom is 0.308 e. The molecule has 1 fully saturated rings. The van der Waals surface area contributed by atoms with E-state index in [1.54, 1.807) is 12.1 Å². The van der Waals surface area contributed by atoms with Crippen LogP contribution in [0.15, 0.2) is 16.6 Å². The van der Waals surface area contributed by atoms with Crippen molar-refractivity contribution in [2.45, 2.75) is 6.42 Å². The zero-order valence-corrected chi connectivity index (χ0v) is 12.4. The molecule has 1 atom stereocenters. The van der Waals surface area contributed by atoms with Gasteiger partial charge in [0.15, 0.2) is 0 Å². The summed E-state index contributed by atoms with van der Waals surface area (Å²) in [7, 11) is 1.48. The molecule has 0 spiro atoms. The van der Waals surface area contributed by atoms with E-state index in [2.05, 4.69) is 15.9 Å². The minimum atomic E-state index is -0.974. The fourth-order valence-corrected chi connectivity index (χ4v) is 2.48. The molecule has 1 heterocycles. The maximum absolute atomic E-state index is 11.9. The molecular weight excluding hydrogens is 337 g/mol. The van der Waals surface area contributed by atoms with Crippen LogP contribution >= 0.6 is 27.5 Å². The largest absolute Gasteiger partial charge is 0.495 e. The second-order valence-electron chi connectivity index (χ2n) is 4.18. The SMILES string of the molecule is COc1cc(Br)c(Cl)cc1N1CC(C(=O)O)CC1=O. The van der Waals surface area contributed by atoms with Gasteiger partial charge in [0.05, 0.1) is 23.7 Å². The highest BCUT2D eigenvalue weighted by molar-refractivity contribution is 9.10. The fraction of sp³-hybridized carbons (Fsp3) is 0.333. The summed E-state index contributed by atoms with van der Waals surface area (Å²) >= 11 is 9.28. The molecule has 1 N–H and O–H groups in total. The minimum absolute atomic E-state index is 0.00777. The van der Waals surface area contributed by atoms with Gasteiger partial charge in [-0.2, -0.15) is 0 Å². The highest BCUT2D eigenvalue weighted by Crippen LogP contribution is 2.39. The first kappa shape index (κ1) is 14.1. The number of rotatable bonds is 3. The second kappa shape index (κ2) is 5.38. The average Bonchev–Trinajstić information content (AvgIpc) is 2.74. The van der Waals surface area contributed by atoms with Crippen molar-refractivity contribution in [3.8, 4) is 5.75 Å². The van der Waals surface area contributed by atoms with E-state index in [1.165, 1.54) is 12.0 Å². The van der Waals surface area contributed by atoms with E-state index < -0.39 is 11.9 Å². The van der Waals surface area contributed by atoms with Crippen molar-refractivity contribution in [1.82, 2.24) is 0 Å². The lowest BCUT2D eigenvalue weighted by Crippen LogP contribution is -2.26. The number of halogens is 2. The highest BCUT2D eigenvalue weighted by Gasteiger charge is 2.36. The number of nitrogens with zero attached hydrogens (tertiary/aromatic N) is 1. The molecule has 19 heavy (non-hydrogen) atoms. The molecule has 7 heteroatoms.